The summed E-state index contributed by atoms with van der Waals surface area (Å²) in [6.07, 6.45) is 1.49. The van der Waals surface area contributed by atoms with E-state index in [1.807, 2.05) is 11.5 Å². The van der Waals surface area contributed by atoms with Crippen molar-refractivity contribution in [3.05, 3.63) is 39.7 Å². The summed E-state index contributed by atoms with van der Waals surface area (Å²) in [6, 6.07) is 5.44. The molecule has 3 aromatic heterocycles. The van der Waals surface area contributed by atoms with E-state index in [1.54, 1.807) is 23.5 Å². The van der Waals surface area contributed by atoms with Crippen molar-refractivity contribution in [2.75, 3.05) is 11.1 Å². The lowest BCUT2D eigenvalue weighted by Crippen LogP contribution is -2.15. The molecule has 6 nitrogen and oxygen atoms in total. The van der Waals surface area contributed by atoms with E-state index in [4.69, 9.17) is 11.6 Å². The van der Waals surface area contributed by atoms with Crippen molar-refractivity contribution in [3.8, 4) is 11.4 Å². The Bertz CT molecular complexity index is 875. The third-order valence-electron chi connectivity index (χ3n) is 3.35. The maximum absolute atomic E-state index is 12.1. The summed E-state index contributed by atoms with van der Waals surface area (Å²) in [5, 5.41) is 14.6. The van der Waals surface area contributed by atoms with Crippen molar-refractivity contribution in [2.24, 2.45) is 0 Å². The fourth-order valence-electron chi connectivity index (χ4n) is 2.21. The van der Waals surface area contributed by atoms with Crippen LogP contribution in [0.3, 0.4) is 0 Å². The van der Waals surface area contributed by atoms with Gasteiger partial charge in [0.1, 0.15) is 5.82 Å². The minimum atomic E-state index is -0.154. The second-order valence-corrected chi connectivity index (χ2v) is 7.69. The number of carbonyl (C=O) groups excluding carboxylic acids is 1. The van der Waals surface area contributed by atoms with Gasteiger partial charge >= 0.3 is 0 Å². The third kappa shape index (κ3) is 4.39. The Kier molecular flexibility index (Phi) is 5.72. The molecule has 0 bridgehead atoms. The van der Waals surface area contributed by atoms with Crippen molar-refractivity contribution >= 4 is 46.4 Å². The summed E-state index contributed by atoms with van der Waals surface area (Å²) >= 11 is 8.81. The smallest absolute Gasteiger partial charge is 0.236 e. The highest BCUT2D eigenvalue weighted by molar-refractivity contribution is 7.99. The van der Waals surface area contributed by atoms with Gasteiger partial charge < -0.3 is 9.88 Å². The van der Waals surface area contributed by atoms with E-state index in [1.165, 1.54) is 22.8 Å². The zero-order valence-electron chi connectivity index (χ0n) is 13.7. The van der Waals surface area contributed by atoms with Crippen molar-refractivity contribution < 1.29 is 4.79 Å². The van der Waals surface area contributed by atoms with Crippen LogP contribution < -0.4 is 5.32 Å². The second kappa shape index (κ2) is 7.99. The van der Waals surface area contributed by atoms with Crippen molar-refractivity contribution in [1.82, 2.24) is 19.7 Å². The van der Waals surface area contributed by atoms with Gasteiger partial charge in [-0.15, -0.1) is 21.5 Å². The Balaban J connectivity index is 1.66. The lowest BCUT2D eigenvalue weighted by atomic mass is 10.3. The average molecular weight is 394 g/mol. The van der Waals surface area contributed by atoms with Crippen molar-refractivity contribution in [1.29, 1.82) is 0 Å². The van der Waals surface area contributed by atoms with Crippen LogP contribution in [0.4, 0.5) is 5.82 Å². The van der Waals surface area contributed by atoms with Gasteiger partial charge in [-0.05, 0) is 32.0 Å². The number of hydrogen-bond acceptors (Lipinski definition) is 6. The number of nitrogens with zero attached hydrogens (tertiary/aromatic N) is 4. The number of rotatable bonds is 6. The summed E-state index contributed by atoms with van der Waals surface area (Å²) in [5.41, 5.74) is 1.05. The third-order valence-corrected chi connectivity index (χ3v) is 5.40. The fourth-order valence-corrected chi connectivity index (χ4v) is 3.81. The number of halogens is 1. The molecule has 0 unspecified atom stereocenters. The van der Waals surface area contributed by atoms with Crippen LogP contribution in [-0.2, 0) is 11.3 Å². The Morgan fingerprint density at radius 2 is 2.24 bits per heavy atom. The molecule has 0 aliphatic rings. The molecule has 1 amide bonds. The molecule has 0 saturated heterocycles. The van der Waals surface area contributed by atoms with Gasteiger partial charge in [-0.25, -0.2) is 4.98 Å². The number of amides is 1. The van der Waals surface area contributed by atoms with Crippen LogP contribution in [-0.4, -0.2) is 31.4 Å². The number of hydrogen-bond donors (Lipinski definition) is 1. The standard InChI is InChI=1S/C16H16ClN5OS2/c1-3-22-15(11-6-10(2)24-8-11)20-21-16(22)25-9-14(23)19-13-5-4-12(17)7-18-13/h4-8H,3,9H2,1-2H3,(H,18,19,23). The Morgan fingerprint density at radius 3 is 2.88 bits per heavy atom. The first kappa shape index (κ1) is 17.9. The minimum absolute atomic E-state index is 0.154. The first-order chi connectivity index (χ1) is 12.1. The molecule has 3 heterocycles. The summed E-state index contributed by atoms with van der Waals surface area (Å²) < 4.78 is 2.01. The first-order valence-electron chi connectivity index (χ1n) is 7.59. The molecule has 0 aliphatic carbocycles. The number of carbonyl (C=O) groups is 1. The van der Waals surface area contributed by atoms with Crippen LogP contribution in [0.25, 0.3) is 11.4 Å². The van der Waals surface area contributed by atoms with E-state index in [0.717, 1.165) is 23.1 Å². The Labute approximate surface area is 158 Å². The van der Waals surface area contributed by atoms with Gasteiger partial charge in [-0.2, -0.15) is 0 Å². The molecule has 3 aromatic rings. The maximum atomic E-state index is 12.1. The van der Waals surface area contributed by atoms with Crippen molar-refractivity contribution in [3.63, 3.8) is 0 Å². The van der Waals surface area contributed by atoms with E-state index in [2.05, 4.69) is 38.9 Å². The van der Waals surface area contributed by atoms with Gasteiger partial charge in [0, 0.05) is 28.6 Å². The van der Waals surface area contributed by atoms with Gasteiger partial charge in [0.05, 0.1) is 10.8 Å². The molecule has 1 N–H and O–H groups in total. The van der Waals surface area contributed by atoms with Gasteiger partial charge in [0.25, 0.3) is 0 Å². The minimum Gasteiger partial charge on any atom is -0.310 e. The number of aryl methyl sites for hydroxylation is 1. The molecule has 0 aromatic carbocycles. The molecule has 3 rings (SSSR count). The molecule has 0 radical (unpaired) electrons. The van der Waals surface area contributed by atoms with E-state index >= 15 is 0 Å². The second-order valence-electron chi connectivity index (χ2n) is 5.19. The van der Waals surface area contributed by atoms with Gasteiger partial charge in [-0.3, -0.25) is 4.79 Å². The SMILES string of the molecule is CCn1c(SCC(=O)Nc2ccc(Cl)cn2)nnc1-c1csc(C)c1. The highest BCUT2D eigenvalue weighted by atomic mass is 35.5. The number of aromatic nitrogens is 4. The Hall–Kier alpha value is -1.90. The predicted molar refractivity (Wildman–Crippen MR) is 102 cm³/mol. The van der Waals surface area contributed by atoms with Crippen LogP contribution in [0.2, 0.25) is 5.02 Å². The predicted octanol–water partition coefficient (Wildman–Crippen LogP) is 4.11. The largest absolute Gasteiger partial charge is 0.310 e. The zero-order chi connectivity index (χ0) is 17.8. The topological polar surface area (TPSA) is 72.7 Å². The molecule has 0 saturated carbocycles. The van der Waals surface area contributed by atoms with Crippen molar-refractivity contribution in [2.45, 2.75) is 25.5 Å². The van der Waals surface area contributed by atoms with Gasteiger partial charge in [0.15, 0.2) is 11.0 Å². The fraction of sp³-hybridized carbons (Fsp3) is 0.250. The van der Waals surface area contributed by atoms with Crippen LogP contribution in [0.5, 0.6) is 0 Å². The quantitative estimate of drug-likeness (QED) is 0.638. The number of thioether (sulfide) groups is 1. The molecule has 0 atom stereocenters. The molecule has 9 heteroatoms. The summed E-state index contributed by atoms with van der Waals surface area (Å²) in [7, 11) is 0. The molecular weight excluding hydrogens is 378 g/mol. The highest BCUT2D eigenvalue weighted by Gasteiger charge is 2.15. The van der Waals surface area contributed by atoms with Crippen LogP contribution in [0, 0.1) is 6.92 Å². The first-order valence-corrected chi connectivity index (χ1v) is 9.84. The van der Waals surface area contributed by atoms with Gasteiger partial charge in [0.2, 0.25) is 5.91 Å². The molecule has 0 aliphatic heterocycles. The average Bonchev–Trinajstić information content (AvgIpc) is 3.20. The summed E-state index contributed by atoms with van der Waals surface area (Å²) in [5.74, 6) is 1.37. The highest BCUT2D eigenvalue weighted by Crippen LogP contribution is 2.27. The molecular formula is C16H16ClN5OS2. The maximum Gasteiger partial charge on any atom is 0.236 e. The van der Waals surface area contributed by atoms with Gasteiger partial charge in [-0.1, -0.05) is 23.4 Å². The molecule has 0 spiro atoms. The van der Waals surface area contributed by atoms with E-state index < -0.39 is 0 Å². The van der Waals surface area contributed by atoms with Crippen LogP contribution in [0.15, 0.2) is 34.9 Å². The monoisotopic (exact) mass is 393 g/mol. The number of anilines is 1. The normalized spacial score (nSPS) is 10.8. The number of nitrogens with one attached hydrogen (secondary N) is 1. The number of thiophene rings is 1. The van der Waals surface area contributed by atoms with E-state index in [-0.39, 0.29) is 11.7 Å². The zero-order valence-corrected chi connectivity index (χ0v) is 16.1. The lowest BCUT2D eigenvalue weighted by Gasteiger charge is -2.07. The van der Waals surface area contributed by atoms with Crippen LogP contribution >= 0.6 is 34.7 Å². The molecule has 25 heavy (non-hydrogen) atoms. The summed E-state index contributed by atoms with van der Waals surface area (Å²) in [4.78, 5) is 17.4. The Morgan fingerprint density at radius 1 is 1.40 bits per heavy atom. The molecule has 130 valence electrons. The van der Waals surface area contributed by atoms with E-state index in [9.17, 15) is 4.79 Å². The summed E-state index contributed by atoms with van der Waals surface area (Å²) in [6.45, 7) is 4.83. The number of pyridine rings is 1. The van der Waals surface area contributed by atoms with E-state index in [0.29, 0.717) is 10.8 Å². The lowest BCUT2D eigenvalue weighted by molar-refractivity contribution is -0.113. The van der Waals surface area contributed by atoms with Crippen LogP contribution in [0.1, 0.15) is 11.8 Å². The molecule has 0 fully saturated rings.